The second-order valence-electron chi connectivity index (χ2n) is 6.27. The lowest BCUT2D eigenvalue weighted by Gasteiger charge is -2.34. The summed E-state index contributed by atoms with van der Waals surface area (Å²) in [5, 5.41) is 0. The van der Waals surface area contributed by atoms with Crippen molar-refractivity contribution in [2.45, 2.75) is 32.6 Å². The number of amides is 1. The summed E-state index contributed by atoms with van der Waals surface area (Å²) in [4.78, 5) is 16.5. The molecule has 2 rings (SSSR count). The Morgan fingerprint density at radius 3 is 2.42 bits per heavy atom. The largest absolute Gasteiger partial charge is 0.493 e. The fourth-order valence-corrected chi connectivity index (χ4v) is 3.03. The Bertz CT molecular complexity index is 525. The lowest BCUT2D eigenvalue weighted by Crippen LogP contribution is -2.49. The minimum atomic E-state index is 0.316. The average molecular weight is 334 g/mol. The van der Waals surface area contributed by atoms with Crippen molar-refractivity contribution in [2.24, 2.45) is 0 Å². The lowest BCUT2D eigenvalue weighted by atomic mass is 10.1. The van der Waals surface area contributed by atoms with Crippen LogP contribution in [0.5, 0.6) is 11.5 Å². The summed E-state index contributed by atoms with van der Waals surface area (Å²) in [5.74, 6) is 1.86. The predicted octanol–water partition coefficient (Wildman–Crippen LogP) is 2.58. The third-order valence-electron chi connectivity index (χ3n) is 4.63. The number of ether oxygens (including phenoxy) is 2. The normalized spacial score (nSPS) is 15.4. The first-order valence-corrected chi connectivity index (χ1v) is 8.89. The third-order valence-corrected chi connectivity index (χ3v) is 4.63. The average Bonchev–Trinajstić information content (AvgIpc) is 2.64. The monoisotopic (exact) mass is 334 g/mol. The molecule has 0 aliphatic carbocycles. The molecule has 134 valence electrons. The molecular formula is C19H30N2O3. The van der Waals surface area contributed by atoms with Crippen molar-refractivity contribution in [1.82, 2.24) is 9.80 Å². The fraction of sp³-hybridized carbons (Fsp3) is 0.632. The molecule has 1 aromatic rings. The molecule has 0 aromatic heterocycles. The number of hydrogen-bond acceptors (Lipinski definition) is 4. The second-order valence-corrected chi connectivity index (χ2v) is 6.27. The van der Waals surface area contributed by atoms with Gasteiger partial charge in [0, 0.05) is 39.1 Å². The van der Waals surface area contributed by atoms with Crippen molar-refractivity contribution < 1.29 is 14.3 Å². The number of nitrogens with zero attached hydrogens (tertiary/aromatic N) is 2. The summed E-state index contributed by atoms with van der Waals surface area (Å²) < 4.78 is 10.6. The summed E-state index contributed by atoms with van der Waals surface area (Å²) in [5.41, 5.74) is 1.24. The molecule has 1 amide bonds. The van der Waals surface area contributed by atoms with Crippen LogP contribution in [-0.2, 0) is 11.2 Å². The van der Waals surface area contributed by atoms with Crippen LogP contribution in [0.1, 0.15) is 31.7 Å². The second kappa shape index (κ2) is 9.52. The summed E-state index contributed by atoms with van der Waals surface area (Å²) >= 11 is 0. The van der Waals surface area contributed by atoms with Gasteiger partial charge in [0.1, 0.15) is 0 Å². The molecule has 1 heterocycles. The molecule has 0 spiro atoms. The molecule has 0 N–H and O–H groups in total. The van der Waals surface area contributed by atoms with E-state index in [1.54, 1.807) is 14.2 Å². The van der Waals surface area contributed by atoms with Gasteiger partial charge in [0.25, 0.3) is 0 Å². The van der Waals surface area contributed by atoms with Gasteiger partial charge >= 0.3 is 0 Å². The fourth-order valence-electron chi connectivity index (χ4n) is 3.03. The van der Waals surface area contributed by atoms with Gasteiger partial charge in [-0.05, 0) is 30.5 Å². The minimum absolute atomic E-state index is 0.316. The first-order valence-electron chi connectivity index (χ1n) is 8.89. The van der Waals surface area contributed by atoms with Gasteiger partial charge < -0.3 is 14.4 Å². The molecule has 0 atom stereocenters. The molecule has 1 aliphatic rings. The van der Waals surface area contributed by atoms with Gasteiger partial charge in [-0.15, -0.1) is 0 Å². The lowest BCUT2D eigenvalue weighted by molar-refractivity contribution is -0.133. The molecule has 0 bridgehead atoms. The quantitative estimate of drug-likeness (QED) is 0.733. The number of unbranched alkanes of at least 4 members (excludes halogenated alkanes) is 1. The zero-order chi connectivity index (χ0) is 17.4. The van der Waals surface area contributed by atoms with Crippen LogP contribution in [0.25, 0.3) is 0 Å². The van der Waals surface area contributed by atoms with Crippen LogP contribution >= 0.6 is 0 Å². The summed E-state index contributed by atoms with van der Waals surface area (Å²) in [6.45, 7) is 6.77. The predicted molar refractivity (Wildman–Crippen MR) is 95.8 cm³/mol. The Hall–Kier alpha value is -1.75. The van der Waals surface area contributed by atoms with E-state index in [4.69, 9.17) is 9.47 Å². The van der Waals surface area contributed by atoms with E-state index >= 15 is 0 Å². The molecule has 0 saturated carbocycles. The maximum atomic E-state index is 12.1. The number of benzene rings is 1. The Kier molecular flexibility index (Phi) is 7.37. The van der Waals surface area contributed by atoms with E-state index in [2.05, 4.69) is 17.9 Å². The topological polar surface area (TPSA) is 42.0 Å². The van der Waals surface area contributed by atoms with Gasteiger partial charge in [-0.25, -0.2) is 0 Å². The number of hydrogen-bond donors (Lipinski definition) is 0. The summed E-state index contributed by atoms with van der Waals surface area (Å²) in [7, 11) is 3.31. The highest BCUT2D eigenvalue weighted by molar-refractivity contribution is 5.76. The minimum Gasteiger partial charge on any atom is -0.493 e. The van der Waals surface area contributed by atoms with Crippen molar-refractivity contribution in [3.8, 4) is 11.5 Å². The summed E-state index contributed by atoms with van der Waals surface area (Å²) in [6, 6.07) is 6.09. The SMILES string of the molecule is CCCCC(=O)N1CCN(CCc2ccc(OC)c(OC)c2)CC1. The number of carbonyl (C=O) groups excluding carboxylic acids is 1. The van der Waals surface area contributed by atoms with Gasteiger partial charge in [-0.1, -0.05) is 19.4 Å². The van der Waals surface area contributed by atoms with E-state index in [9.17, 15) is 4.79 Å². The van der Waals surface area contributed by atoms with E-state index in [0.717, 1.165) is 63.5 Å². The first-order chi connectivity index (χ1) is 11.7. The van der Waals surface area contributed by atoms with E-state index in [1.807, 2.05) is 17.0 Å². The summed E-state index contributed by atoms with van der Waals surface area (Å²) in [6.07, 6.45) is 3.75. The van der Waals surface area contributed by atoms with Gasteiger partial charge in [0.05, 0.1) is 14.2 Å². The van der Waals surface area contributed by atoms with Crippen molar-refractivity contribution >= 4 is 5.91 Å². The number of piperazine rings is 1. The smallest absolute Gasteiger partial charge is 0.222 e. The van der Waals surface area contributed by atoms with Gasteiger partial charge in [-0.2, -0.15) is 0 Å². The Morgan fingerprint density at radius 2 is 1.79 bits per heavy atom. The van der Waals surface area contributed by atoms with Crippen LogP contribution in [0.3, 0.4) is 0 Å². The van der Waals surface area contributed by atoms with Gasteiger partial charge in [0.15, 0.2) is 11.5 Å². The van der Waals surface area contributed by atoms with Crippen molar-refractivity contribution in [1.29, 1.82) is 0 Å². The molecule has 1 aromatic carbocycles. The molecule has 1 saturated heterocycles. The maximum Gasteiger partial charge on any atom is 0.222 e. The van der Waals surface area contributed by atoms with E-state index in [1.165, 1.54) is 5.56 Å². The van der Waals surface area contributed by atoms with Crippen LogP contribution in [0.2, 0.25) is 0 Å². The first kappa shape index (κ1) is 18.6. The number of carbonyl (C=O) groups is 1. The highest BCUT2D eigenvalue weighted by Gasteiger charge is 2.20. The van der Waals surface area contributed by atoms with Gasteiger partial charge in [-0.3, -0.25) is 9.69 Å². The van der Waals surface area contributed by atoms with Crippen LogP contribution in [-0.4, -0.2) is 62.7 Å². The number of methoxy groups -OCH3 is 2. The molecule has 0 radical (unpaired) electrons. The van der Waals surface area contributed by atoms with Gasteiger partial charge in [0.2, 0.25) is 5.91 Å². The molecular weight excluding hydrogens is 304 g/mol. The van der Waals surface area contributed by atoms with Crippen molar-refractivity contribution in [2.75, 3.05) is 46.9 Å². The highest BCUT2D eigenvalue weighted by Crippen LogP contribution is 2.27. The van der Waals surface area contributed by atoms with Crippen LogP contribution < -0.4 is 9.47 Å². The Labute approximate surface area is 145 Å². The van der Waals surface area contributed by atoms with Crippen molar-refractivity contribution in [3.63, 3.8) is 0 Å². The van der Waals surface area contributed by atoms with E-state index in [-0.39, 0.29) is 0 Å². The highest BCUT2D eigenvalue weighted by atomic mass is 16.5. The number of rotatable bonds is 8. The Balaban J connectivity index is 1.77. The van der Waals surface area contributed by atoms with Crippen molar-refractivity contribution in [3.05, 3.63) is 23.8 Å². The molecule has 0 unspecified atom stereocenters. The van der Waals surface area contributed by atoms with Crippen LogP contribution in [0.15, 0.2) is 18.2 Å². The molecule has 5 nitrogen and oxygen atoms in total. The molecule has 1 fully saturated rings. The van der Waals surface area contributed by atoms with E-state index in [0.29, 0.717) is 12.3 Å². The Morgan fingerprint density at radius 1 is 1.08 bits per heavy atom. The molecule has 1 aliphatic heterocycles. The van der Waals surface area contributed by atoms with E-state index < -0.39 is 0 Å². The molecule has 5 heteroatoms. The zero-order valence-electron chi connectivity index (χ0n) is 15.2. The molecule has 24 heavy (non-hydrogen) atoms. The maximum absolute atomic E-state index is 12.1. The van der Waals surface area contributed by atoms with Crippen LogP contribution in [0, 0.1) is 0 Å². The third kappa shape index (κ3) is 5.13. The van der Waals surface area contributed by atoms with Crippen LogP contribution in [0.4, 0.5) is 0 Å². The standard InChI is InChI=1S/C19H30N2O3/c1-4-5-6-19(22)21-13-11-20(12-14-21)10-9-16-7-8-17(23-2)18(15-16)24-3/h7-8,15H,4-6,9-14H2,1-3H3. The zero-order valence-corrected chi connectivity index (χ0v) is 15.2.